The van der Waals surface area contributed by atoms with Crippen LogP contribution in [-0.2, 0) is 6.54 Å². The first-order chi connectivity index (χ1) is 10.3. The van der Waals surface area contributed by atoms with Crippen LogP contribution < -0.4 is 15.4 Å². The monoisotopic (exact) mass is 285 g/mol. The molecule has 0 amide bonds. The first-order valence-electron chi connectivity index (χ1n) is 6.42. The number of rotatable bonds is 5. The van der Waals surface area contributed by atoms with Gasteiger partial charge >= 0.3 is 0 Å². The van der Waals surface area contributed by atoms with Gasteiger partial charge in [-0.15, -0.1) is 0 Å². The molecule has 3 rings (SSSR count). The van der Waals surface area contributed by atoms with Crippen molar-refractivity contribution in [1.82, 2.24) is 25.1 Å². The van der Waals surface area contributed by atoms with Gasteiger partial charge in [-0.3, -0.25) is 5.10 Å². The van der Waals surface area contributed by atoms with Gasteiger partial charge in [0.15, 0.2) is 5.65 Å². The second-order valence-electron chi connectivity index (χ2n) is 4.34. The smallest absolute Gasteiger partial charge is 0.226 e. The van der Waals surface area contributed by atoms with Crippen LogP contribution in [0.15, 0.2) is 24.5 Å². The molecule has 108 valence electrons. The zero-order chi connectivity index (χ0) is 14.7. The molecule has 0 aliphatic heterocycles. The fourth-order valence-electron chi connectivity index (χ4n) is 1.94. The molecule has 0 unspecified atom stereocenters. The molecule has 3 aromatic heterocycles. The van der Waals surface area contributed by atoms with E-state index in [1.165, 1.54) is 0 Å². The van der Waals surface area contributed by atoms with E-state index in [-0.39, 0.29) is 0 Å². The van der Waals surface area contributed by atoms with Gasteiger partial charge in [0.05, 0.1) is 18.7 Å². The molecular weight excluding hydrogens is 270 g/mol. The van der Waals surface area contributed by atoms with Gasteiger partial charge in [0.2, 0.25) is 11.8 Å². The van der Waals surface area contributed by atoms with Crippen molar-refractivity contribution >= 4 is 22.8 Å². The number of fused-ring (bicyclic) bond motifs is 1. The summed E-state index contributed by atoms with van der Waals surface area (Å²) in [5, 5.41) is 13.9. The number of ether oxygens (including phenoxy) is 1. The van der Waals surface area contributed by atoms with E-state index in [4.69, 9.17) is 4.74 Å². The summed E-state index contributed by atoms with van der Waals surface area (Å²) in [5.41, 5.74) is 1.73. The van der Waals surface area contributed by atoms with Crippen molar-refractivity contribution < 1.29 is 4.74 Å². The Morgan fingerprint density at radius 3 is 3.05 bits per heavy atom. The van der Waals surface area contributed by atoms with Crippen molar-refractivity contribution in [1.29, 1.82) is 0 Å². The lowest BCUT2D eigenvalue weighted by Gasteiger charge is -2.09. The lowest BCUT2D eigenvalue weighted by molar-refractivity contribution is 0.397. The van der Waals surface area contributed by atoms with E-state index in [0.29, 0.717) is 29.8 Å². The molecular formula is C13H15N7O. The number of hydrogen-bond donors (Lipinski definition) is 3. The molecule has 0 atom stereocenters. The summed E-state index contributed by atoms with van der Waals surface area (Å²) in [6, 6.07) is 3.79. The molecule has 0 bridgehead atoms. The van der Waals surface area contributed by atoms with Crippen LogP contribution in [-0.4, -0.2) is 39.3 Å². The number of anilines is 2. The molecule has 8 heteroatoms. The molecule has 8 nitrogen and oxygen atoms in total. The van der Waals surface area contributed by atoms with Crippen LogP contribution in [0.2, 0.25) is 0 Å². The van der Waals surface area contributed by atoms with Gasteiger partial charge in [-0.25, -0.2) is 4.98 Å². The number of hydrogen-bond acceptors (Lipinski definition) is 7. The topological polar surface area (TPSA) is 101 Å². The van der Waals surface area contributed by atoms with Gasteiger partial charge < -0.3 is 15.4 Å². The molecule has 21 heavy (non-hydrogen) atoms. The Balaban J connectivity index is 1.85. The third kappa shape index (κ3) is 2.69. The maximum atomic E-state index is 5.11. The van der Waals surface area contributed by atoms with Gasteiger partial charge in [-0.05, 0) is 11.6 Å². The normalized spacial score (nSPS) is 10.6. The molecule has 3 N–H and O–H groups in total. The van der Waals surface area contributed by atoms with E-state index in [9.17, 15) is 0 Å². The van der Waals surface area contributed by atoms with E-state index >= 15 is 0 Å². The number of pyridine rings is 1. The highest BCUT2D eigenvalue weighted by Gasteiger charge is 2.08. The van der Waals surface area contributed by atoms with Gasteiger partial charge in [0, 0.05) is 25.9 Å². The summed E-state index contributed by atoms with van der Waals surface area (Å²) in [6.45, 7) is 0.597. The lowest BCUT2D eigenvalue weighted by atomic mass is 10.2. The largest absolute Gasteiger partial charge is 0.481 e. The van der Waals surface area contributed by atoms with Crippen LogP contribution in [0.25, 0.3) is 11.0 Å². The van der Waals surface area contributed by atoms with Crippen LogP contribution in [0.4, 0.5) is 11.8 Å². The first-order valence-corrected chi connectivity index (χ1v) is 6.42. The zero-order valence-electron chi connectivity index (χ0n) is 11.7. The highest BCUT2D eigenvalue weighted by Crippen LogP contribution is 2.20. The van der Waals surface area contributed by atoms with E-state index in [2.05, 4.69) is 35.8 Å². The SMILES string of the molecule is CNc1nc(NCc2ccnc(OC)c2)c2cn[nH]c2n1. The number of nitrogens with one attached hydrogen (secondary N) is 3. The van der Waals surface area contributed by atoms with Crippen molar-refractivity contribution in [2.24, 2.45) is 0 Å². The number of aromatic nitrogens is 5. The number of nitrogens with zero attached hydrogens (tertiary/aromatic N) is 4. The van der Waals surface area contributed by atoms with E-state index in [0.717, 1.165) is 10.9 Å². The molecule has 3 heterocycles. The van der Waals surface area contributed by atoms with Crippen molar-refractivity contribution in [2.45, 2.75) is 6.54 Å². The Morgan fingerprint density at radius 2 is 2.24 bits per heavy atom. The standard InChI is InChI=1S/C13H15N7O/c1-14-13-18-11(9-7-17-20-12(9)19-13)16-6-8-3-4-15-10(5-8)21-2/h3-5,7H,6H2,1-2H3,(H3,14,16,17,18,19,20). The summed E-state index contributed by atoms with van der Waals surface area (Å²) in [7, 11) is 3.37. The average molecular weight is 285 g/mol. The second kappa shape index (κ2) is 5.61. The molecule has 0 aliphatic carbocycles. The average Bonchev–Trinajstić information content (AvgIpc) is 3.01. The Labute approximate surface area is 121 Å². The second-order valence-corrected chi connectivity index (χ2v) is 4.34. The van der Waals surface area contributed by atoms with E-state index in [1.807, 2.05) is 12.1 Å². The minimum atomic E-state index is 0.529. The first kappa shape index (κ1) is 13.1. The van der Waals surface area contributed by atoms with Gasteiger partial charge in [-0.1, -0.05) is 0 Å². The zero-order valence-corrected chi connectivity index (χ0v) is 11.7. The third-order valence-corrected chi connectivity index (χ3v) is 3.00. The fourth-order valence-corrected chi connectivity index (χ4v) is 1.94. The van der Waals surface area contributed by atoms with Crippen LogP contribution in [0.1, 0.15) is 5.56 Å². The number of aromatic amines is 1. The summed E-state index contributed by atoms with van der Waals surface area (Å²) in [5.74, 6) is 1.83. The van der Waals surface area contributed by atoms with Crippen molar-refractivity contribution in [3.63, 3.8) is 0 Å². The summed E-state index contributed by atoms with van der Waals surface area (Å²) in [6.07, 6.45) is 3.41. The van der Waals surface area contributed by atoms with Crippen molar-refractivity contribution in [2.75, 3.05) is 24.8 Å². The molecule has 0 aromatic carbocycles. The number of H-pyrrole nitrogens is 1. The summed E-state index contributed by atoms with van der Waals surface area (Å²) >= 11 is 0. The van der Waals surface area contributed by atoms with Crippen molar-refractivity contribution in [3.8, 4) is 5.88 Å². The minimum absolute atomic E-state index is 0.529. The fraction of sp³-hybridized carbons (Fsp3) is 0.231. The van der Waals surface area contributed by atoms with Crippen LogP contribution >= 0.6 is 0 Å². The Hall–Kier alpha value is -2.90. The summed E-state index contributed by atoms with van der Waals surface area (Å²) in [4.78, 5) is 12.8. The minimum Gasteiger partial charge on any atom is -0.481 e. The summed E-state index contributed by atoms with van der Waals surface area (Å²) < 4.78 is 5.11. The van der Waals surface area contributed by atoms with Crippen LogP contribution in [0.3, 0.4) is 0 Å². The molecule has 0 saturated heterocycles. The maximum absolute atomic E-state index is 5.11. The quantitative estimate of drug-likeness (QED) is 0.651. The predicted octanol–water partition coefficient (Wildman–Crippen LogP) is 1.41. The molecule has 0 fully saturated rings. The highest BCUT2D eigenvalue weighted by molar-refractivity contribution is 5.86. The lowest BCUT2D eigenvalue weighted by Crippen LogP contribution is -2.05. The van der Waals surface area contributed by atoms with Crippen molar-refractivity contribution in [3.05, 3.63) is 30.1 Å². The third-order valence-electron chi connectivity index (χ3n) is 3.00. The van der Waals surface area contributed by atoms with Gasteiger partial charge in [-0.2, -0.15) is 15.1 Å². The molecule has 0 aliphatic rings. The maximum Gasteiger partial charge on any atom is 0.226 e. The van der Waals surface area contributed by atoms with E-state index in [1.54, 1.807) is 26.6 Å². The Kier molecular flexibility index (Phi) is 3.50. The van der Waals surface area contributed by atoms with Crippen LogP contribution in [0.5, 0.6) is 5.88 Å². The Bertz CT molecular complexity index is 755. The van der Waals surface area contributed by atoms with Gasteiger partial charge in [0.25, 0.3) is 0 Å². The van der Waals surface area contributed by atoms with Gasteiger partial charge in [0.1, 0.15) is 5.82 Å². The highest BCUT2D eigenvalue weighted by atomic mass is 16.5. The predicted molar refractivity (Wildman–Crippen MR) is 79.3 cm³/mol. The van der Waals surface area contributed by atoms with Crippen LogP contribution in [0, 0.1) is 0 Å². The Morgan fingerprint density at radius 1 is 1.33 bits per heavy atom. The molecule has 0 radical (unpaired) electrons. The number of methoxy groups -OCH3 is 1. The molecule has 0 saturated carbocycles. The van der Waals surface area contributed by atoms with E-state index < -0.39 is 0 Å². The molecule has 0 spiro atoms. The molecule has 3 aromatic rings.